The van der Waals surface area contributed by atoms with E-state index in [1.807, 2.05) is 0 Å². The molecule has 0 aromatic heterocycles. The summed E-state index contributed by atoms with van der Waals surface area (Å²) in [6.07, 6.45) is 25.3. The highest BCUT2D eigenvalue weighted by atomic mass is 127. The fourth-order valence-corrected chi connectivity index (χ4v) is 15.2. The van der Waals surface area contributed by atoms with Crippen molar-refractivity contribution in [3.8, 4) is 0 Å². The van der Waals surface area contributed by atoms with Crippen LogP contribution in [0.4, 0.5) is 52.7 Å². The zero-order valence-corrected chi connectivity index (χ0v) is 52.9. The third-order valence-corrected chi connectivity index (χ3v) is 21.1. The van der Waals surface area contributed by atoms with Gasteiger partial charge in [-0.1, -0.05) is 259 Å². The molecule has 0 bridgehead atoms. The van der Waals surface area contributed by atoms with Gasteiger partial charge in [-0.15, -0.1) is 21.9 Å². The van der Waals surface area contributed by atoms with Crippen LogP contribution in [0.3, 0.4) is 0 Å². The Kier molecular flexibility index (Phi) is 28.9. The molecule has 6 aromatic carbocycles. The molecule has 0 aliphatic heterocycles. The van der Waals surface area contributed by atoms with Gasteiger partial charge in [-0.2, -0.15) is 0 Å². The Morgan fingerprint density at radius 3 is 0.744 bits per heavy atom. The molecular weight excluding hydrogens is 1370 g/mol. The van der Waals surface area contributed by atoms with E-state index in [0.29, 0.717) is 0 Å². The third kappa shape index (κ3) is 16.2. The topological polar surface area (TPSA) is 0 Å². The lowest BCUT2D eigenvalue weighted by molar-refractivity contribution is -0.599. The van der Waals surface area contributed by atoms with Gasteiger partial charge in [0.2, 0.25) is 0 Å². The standard InChI is InChI=1S/C36H58I.C24BCl8F12/c1-3-5-7-9-11-13-15-17-19-21-27-33-29-23-25-31-35(33)37-36-32-26-24-30-34(36)28-22-20-18-16-14-12-10-8-6-4-2;26-5-1(13(34)21(42)17(38)9(5)30)25(2-6(27)10(31)18(39)22(43)14(2)35,3-7(28)11(32)19(40)23(44)15(3)36)4-8(29)12(33)20(41)24(45)16(4)37/h23-26,29-32H,3-22,27-28H2,1-2H3;/q+1;-1. The normalized spacial score (nSPS) is 11.7. The largest absolute Gasteiger partial charge is 0.358 e. The molecule has 6 aromatic rings. The maximum Gasteiger partial charge on any atom is 0.358 e. The highest BCUT2D eigenvalue weighted by Gasteiger charge is 2.50. The number of unbranched alkanes of at least 4 members (excludes halogenated alkanes) is 18. The first-order valence-electron chi connectivity index (χ1n) is 27.1. The second kappa shape index (κ2) is 33.6. The number of hydrogen-bond acceptors (Lipinski definition) is 0. The fraction of sp³-hybridized carbons (Fsp3) is 0.400. The summed E-state index contributed by atoms with van der Waals surface area (Å²) in [4.78, 5) is 0. The van der Waals surface area contributed by atoms with Gasteiger partial charge in [0, 0.05) is 31.2 Å². The Bertz CT molecular complexity index is 2700. The molecule has 0 saturated carbocycles. The van der Waals surface area contributed by atoms with Gasteiger partial charge < -0.3 is 0 Å². The monoisotopic (exact) mass is 1420 g/mol. The van der Waals surface area contributed by atoms with Crippen molar-refractivity contribution < 1.29 is 73.9 Å². The van der Waals surface area contributed by atoms with Gasteiger partial charge in [0.15, 0.2) is 53.7 Å². The molecule has 22 heteroatoms. The third-order valence-electron chi connectivity index (χ3n) is 14.4. The van der Waals surface area contributed by atoms with E-state index in [9.17, 15) is 17.6 Å². The number of hydrogen-bond donors (Lipinski definition) is 0. The van der Waals surface area contributed by atoms with Crippen LogP contribution in [0, 0.1) is 76.9 Å². The molecule has 0 amide bonds. The van der Waals surface area contributed by atoms with Crippen molar-refractivity contribution in [2.24, 2.45) is 0 Å². The Hall–Kier alpha value is -2.41. The van der Waals surface area contributed by atoms with E-state index >= 15 is 35.1 Å². The highest BCUT2D eigenvalue weighted by Crippen LogP contribution is 2.40. The summed E-state index contributed by atoms with van der Waals surface area (Å²) in [5.74, 6) is -31.3. The van der Waals surface area contributed by atoms with Crippen molar-refractivity contribution in [1.29, 1.82) is 0 Å². The lowest BCUT2D eigenvalue weighted by Crippen LogP contribution is -3.62. The average Bonchev–Trinajstić information content (AvgIpc) is 1.40. The summed E-state index contributed by atoms with van der Waals surface area (Å²) < 4.78 is 186. The lowest BCUT2D eigenvalue weighted by Gasteiger charge is -2.46. The Morgan fingerprint density at radius 2 is 0.500 bits per heavy atom. The van der Waals surface area contributed by atoms with Gasteiger partial charge in [0.25, 0.3) is 0 Å². The summed E-state index contributed by atoms with van der Waals surface area (Å²) in [5.41, 5.74) is -5.21. The summed E-state index contributed by atoms with van der Waals surface area (Å²) in [7, 11) is 0. The van der Waals surface area contributed by atoms with Crippen molar-refractivity contribution in [2.45, 2.75) is 155 Å². The molecule has 0 saturated heterocycles. The van der Waals surface area contributed by atoms with Crippen molar-refractivity contribution in [3.05, 3.63) is 177 Å². The number of benzene rings is 6. The van der Waals surface area contributed by atoms with Crippen LogP contribution in [0.5, 0.6) is 0 Å². The van der Waals surface area contributed by atoms with Gasteiger partial charge in [-0.25, -0.2) is 52.7 Å². The molecule has 0 atom stereocenters. The van der Waals surface area contributed by atoms with E-state index in [0.717, 1.165) is 0 Å². The molecule has 82 heavy (non-hydrogen) atoms. The molecule has 6 rings (SSSR count). The predicted octanol–water partition coefficient (Wildman–Crippen LogP) is 18.7. The summed E-state index contributed by atoms with van der Waals surface area (Å²) in [5, 5.41) is -13.9. The Morgan fingerprint density at radius 1 is 0.280 bits per heavy atom. The number of rotatable bonds is 28. The van der Waals surface area contributed by atoms with Crippen LogP contribution < -0.4 is 43.1 Å². The van der Waals surface area contributed by atoms with Crippen LogP contribution in [-0.2, 0) is 12.8 Å². The van der Waals surface area contributed by atoms with E-state index in [1.54, 1.807) is 18.3 Å². The van der Waals surface area contributed by atoms with E-state index < -0.39 is 138 Å². The summed E-state index contributed by atoms with van der Waals surface area (Å²) in [6.45, 7) is 4.61. The molecule has 0 radical (unpaired) electrons. The van der Waals surface area contributed by atoms with Crippen LogP contribution in [0.2, 0.25) is 40.2 Å². The molecule has 0 fully saturated rings. The van der Waals surface area contributed by atoms with Crippen molar-refractivity contribution >= 4 is 121 Å². The minimum atomic E-state index is -5.62. The Labute approximate surface area is 522 Å². The quantitative estimate of drug-likeness (QED) is 0.0115. The second-order valence-electron chi connectivity index (χ2n) is 19.9. The average molecular weight is 1430 g/mol. The zero-order valence-electron chi connectivity index (χ0n) is 44.7. The first-order chi connectivity index (χ1) is 39.0. The van der Waals surface area contributed by atoms with Gasteiger partial charge in [0.1, 0.15) is 29.4 Å². The van der Waals surface area contributed by atoms with Crippen molar-refractivity contribution in [3.63, 3.8) is 0 Å². The minimum Gasteiger partial charge on any atom is -0.207 e. The van der Waals surface area contributed by atoms with Gasteiger partial charge >= 0.3 is 21.2 Å². The molecule has 0 aliphatic rings. The van der Waals surface area contributed by atoms with Crippen molar-refractivity contribution in [1.82, 2.24) is 0 Å². The fourth-order valence-electron chi connectivity index (χ4n) is 10.2. The minimum absolute atomic E-state index is 0.0947. The molecule has 448 valence electrons. The molecular formula is C60H58BCl8F12I. The molecule has 0 unspecified atom stereocenters. The molecule has 0 N–H and O–H groups in total. The van der Waals surface area contributed by atoms with E-state index in [-0.39, 0.29) is 21.2 Å². The van der Waals surface area contributed by atoms with Crippen LogP contribution in [0.1, 0.15) is 153 Å². The first-order valence-corrected chi connectivity index (χ1v) is 32.3. The van der Waals surface area contributed by atoms with Gasteiger partial charge in [-0.05, 0) is 37.8 Å². The SMILES string of the molecule is CCCCCCCCCCCCc1ccccc1[I+]c1ccccc1CCCCCCCCCCCC.Fc1c(F)c(Cl)c(Cl)c([B-](c2c(F)c(F)c(F)c(Cl)c2Cl)(c2c(F)c(F)c(F)c(Cl)c2Cl)c2c(F)c(F)c(F)c(Cl)c2Cl)c1F. The Balaban J connectivity index is 0.000000307. The van der Waals surface area contributed by atoms with Crippen LogP contribution in [0.25, 0.3) is 0 Å². The van der Waals surface area contributed by atoms with Crippen LogP contribution >= 0.6 is 92.8 Å². The maximum atomic E-state index is 16.0. The number of aryl methyl sites for hydroxylation is 2. The second-order valence-corrected chi connectivity index (χ2v) is 25.8. The molecule has 0 aliphatic carbocycles. The van der Waals surface area contributed by atoms with Gasteiger partial charge in [0.05, 0.1) is 20.1 Å². The van der Waals surface area contributed by atoms with Gasteiger partial charge in [-0.3, -0.25) is 0 Å². The van der Waals surface area contributed by atoms with Crippen LogP contribution in [0.15, 0.2) is 48.5 Å². The van der Waals surface area contributed by atoms with Crippen LogP contribution in [-0.4, -0.2) is 6.15 Å². The first kappa shape index (κ1) is 70.4. The highest BCUT2D eigenvalue weighted by molar-refractivity contribution is 7.22. The van der Waals surface area contributed by atoms with E-state index in [4.69, 9.17) is 92.8 Å². The lowest BCUT2D eigenvalue weighted by atomic mass is 9.12. The van der Waals surface area contributed by atoms with Crippen molar-refractivity contribution in [2.75, 3.05) is 0 Å². The summed E-state index contributed by atoms with van der Waals surface area (Å²) in [6, 6.07) is 18.7. The molecule has 0 heterocycles. The zero-order chi connectivity index (χ0) is 60.6. The smallest absolute Gasteiger partial charge is 0.207 e. The summed E-state index contributed by atoms with van der Waals surface area (Å²) >= 11 is 46.5. The van der Waals surface area contributed by atoms with E-state index in [1.165, 1.54) is 141 Å². The molecule has 0 nitrogen and oxygen atoms in total. The predicted molar refractivity (Wildman–Crippen MR) is 311 cm³/mol. The number of halogens is 21. The molecule has 0 spiro atoms. The van der Waals surface area contributed by atoms with E-state index in [2.05, 4.69) is 62.4 Å². The maximum absolute atomic E-state index is 16.0.